The second-order valence-corrected chi connectivity index (χ2v) is 11.6. The van der Waals surface area contributed by atoms with E-state index < -0.39 is 0 Å². The number of nitrogens with one attached hydrogen (secondary N) is 1. The summed E-state index contributed by atoms with van der Waals surface area (Å²) >= 11 is 1.37. The zero-order chi connectivity index (χ0) is 23.0. The van der Waals surface area contributed by atoms with Gasteiger partial charge >= 0.3 is 139 Å². The predicted molar refractivity (Wildman–Crippen MR) is 137 cm³/mol. The molecule has 0 radical (unpaired) electrons. The Morgan fingerprint density at radius 1 is 0.806 bits per heavy atom. The third kappa shape index (κ3) is 22.9. The van der Waals surface area contributed by atoms with Gasteiger partial charge in [-0.05, 0) is 0 Å². The average molecular weight is 523 g/mol. The van der Waals surface area contributed by atoms with E-state index >= 15 is 0 Å². The van der Waals surface area contributed by atoms with Gasteiger partial charge < -0.3 is 0 Å². The molecule has 0 saturated carbocycles. The first-order chi connectivity index (χ1) is 15.1. The fraction of sp³-hybridized carbons (Fsp3) is 0.920. The quantitative estimate of drug-likeness (QED) is 0.0872. The number of unbranched alkanes of at least 4 members (excludes halogenated alkanes) is 15. The van der Waals surface area contributed by atoms with Crippen LogP contribution >= 0.6 is 11.8 Å². The van der Waals surface area contributed by atoms with Crippen molar-refractivity contribution in [1.82, 2.24) is 4.33 Å². The van der Waals surface area contributed by atoms with Gasteiger partial charge in [0.15, 0.2) is 0 Å². The van der Waals surface area contributed by atoms with Gasteiger partial charge in [0, 0.05) is 0 Å². The maximum absolute atomic E-state index is 12.2. The Labute approximate surface area is 203 Å². The van der Waals surface area contributed by atoms with Crippen LogP contribution < -0.4 is 4.33 Å². The Bertz CT molecular complexity index is 424. The fourth-order valence-corrected chi connectivity index (χ4v) is 5.11. The van der Waals surface area contributed by atoms with E-state index in [0.717, 1.165) is 18.6 Å². The number of rotatable bonds is 24. The van der Waals surface area contributed by atoms with E-state index in [1.165, 1.54) is 89.9 Å². The second kappa shape index (κ2) is 24.6. The summed E-state index contributed by atoms with van der Waals surface area (Å²) in [4.78, 5) is 23.4. The van der Waals surface area contributed by atoms with E-state index in [1.54, 1.807) is 18.7 Å². The maximum atomic E-state index is 12.2. The number of esters is 1. The Morgan fingerprint density at radius 3 is 1.68 bits per heavy atom. The van der Waals surface area contributed by atoms with Gasteiger partial charge in [-0.15, -0.1) is 0 Å². The summed E-state index contributed by atoms with van der Waals surface area (Å²) in [5.74, 6) is 0.693. The third-order valence-electron chi connectivity index (χ3n) is 5.48. The van der Waals surface area contributed by atoms with Crippen LogP contribution in [0.4, 0.5) is 0 Å². The summed E-state index contributed by atoms with van der Waals surface area (Å²) in [6, 6.07) is -0.336. The zero-order valence-electron chi connectivity index (χ0n) is 20.6. The molecule has 0 aromatic carbocycles. The molecule has 0 saturated heterocycles. The van der Waals surface area contributed by atoms with Crippen LogP contribution in [0.15, 0.2) is 0 Å². The van der Waals surface area contributed by atoms with Crippen molar-refractivity contribution in [3.63, 3.8) is 0 Å². The number of hydrogen-bond acceptors (Lipinski definition) is 5. The summed E-state index contributed by atoms with van der Waals surface area (Å²) in [6.07, 6.45) is 24.2. The first-order valence-corrected chi connectivity index (χ1v) is 15.8. The zero-order valence-corrected chi connectivity index (χ0v) is 23.1. The number of thioether (sulfide) groups is 1. The van der Waals surface area contributed by atoms with Crippen LogP contribution in [-0.2, 0) is 14.3 Å². The van der Waals surface area contributed by atoms with Crippen LogP contribution in [0, 0.1) is 0 Å². The fourth-order valence-electron chi connectivity index (χ4n) is 3.54. The minimum absolute atomic E-state index is 0.104. The molecule has 184 valence electrons. The molecule has 1 unspecified atom stereocenters. The molecule has 0 fully saturated rings. The summed E-state index contributed by atoms with van der Waals surface area (Å²) in [5.41, 5.74) is 0. The van der Waals surface area contributed by atoms with Gasteiger partial charge in [-0.25, -0.2) is 0 Å². The molecule has 0 aliphatic rings. The topological polar surface area (TPSA) is 55.4 Å². The van der Waals surface area contributed by atoms with Crippen LogP contribution in [-0.4, -0.2) is 50.5 Å². The molecule has 31 heavy (non-hydrogen) atoms. The molecule has 6 heteroatoms. The van der Waals surface area contributed by atoms with E-state index in [-0.39, 0.29) is 31.9 Å². The van der Waals surface area contributed by atoms with Crippen molar-refractivity contribution >= 4 is 37.6 Å². The van der Waals surface area contributed by atoms with Crippen LogP contribution in [0.1, 0.15) is 123 Å². The van der Waals surface area contributed by atoms with Gasteiger partial charge in [-0.3, -0.25) is 0 Å². The second-order valence-electron chi connectivity index (χ2n) is 8.52. The number of ether oxygens (including phenoxy) is 1. The van der Waals surface area contributed by atoms with Crippen molar-refractivity contribution in [3.8, 4) is 0 Å². The molecular weight excluding hydrogens is 473 g/mol. The Balaban J connectivity index is 3.45. The molecule has 0 aliphatic carbocycles. The van der Waals surface area contributed by atoms with Crippen LogP contribution in [0.5, 0.6) is 0 Å². The molecule has 0 amide bonds. The van der Waals surface area contributed by atoms with Gasteiger partial charge in [0.25, 0.3) is 0 Å². The van der Waals surface area contributed by atoms with Crippen molar-refractivity contribution in [3.05, 3.63) is 0 Å². The molecule has 4 nitrogen and oxygen atoms in total. The molecule has 0 aromatic heterocycles. The molecule has 1 atom stereocenters. The predicted octanol–water partition coefficient (Wildman–Crippen LogP) is 6.67. The molecule has 0 bridgehead atoms. The molecule has 0 spiro atoms. The monoisotopic (exact) mass is 523 g/mol. The molecule has 1 N–H and O–H groups in total. The first-order valence-electron chi connectivity index (χ1n) is 12.7. The van der Waals surface area contributed by atoms with E-state index in [4.69, 9.17) is 4.74 Å². The Morgan fingerprint density at radius 2 is 1.26 bits per heavy atom. The van der Waals surface area contributed by atoms with Gasteiger partial charge in [0.1, 0.15) is 0 Å². The summed E-state index contributed by atoms with van der Waals surface area (Å²) in [6.45, 7) is 4.34. The standard InChI is InChI=1S/C25H49NO3SSe/c1-4-5-6-7-8-9-10-11-12-13-14-15-16-17-18-19-21-29-25(28)24(20-22-30-3)26-31-23(2)27/h24,26H,4-22H2,1-3H3. The van der Waals surface area contributed by atoms with E-state index in [0.29, 0.717) is 13.0 Å². The Kier molecular flexibility index (Phi) is 24.6. The molecule has 0 aliphatic heterocycles. The normalized spacial score (nSPS) is 12.1. The van der Waals surface area contributed by atoms with Crippen molar-refractivity contribution in [2.45, 2.75) is 129 Å². The number of carbonyl (C=O) groups is 2. The van der Waals surface area contributed by atoms with Gasteiger partial charge in [0.2, 0.25) is 0 Å². The summed E-state index contributed by atoms with van der Waals surface area (Å²) in [7, 11) is 0. The first kappa shape index (κ1) is 31.0. The molecule has 0 rings (SSSR count). The average Bonchev–Trinajstić information content (AvgIpc) is 2.75. The van der Waals surface area contributed by atoms with Gasteiger partial charge in [0.05, 0.1) is 0 Å². The Hall–Kier alpha value is -0.0305. The van der Waals surface area contributed by atoms with Crippen molar-refractivity contribution in [1.29, 1.82) is 0 Å². The van der Waals surface area contributed by atoms with Crippen LogP contribution in [0.2, 0.25) is 0 Å². The minimum atomic E-state index is -0.337. The third-order valence-corrected chi connectivity index (χ3v) is 7.57. The molecule has 0 aromatic rings. The number of hydrogen-bond donors (Lipinski definition) is 1. The summed E-state index contributed by atoms with van der Waals surface area (Å²) in [5, 5.41) is 0. The van der Waals surface area contributed by atoms with Crippen LogP contribution in [0.25, 0.3) is 0 Å². The van der Waals surface area contributed by atoms with Crippen molar-refractivity contribution in [2.75, 3.05) is 18.6 Å². The van der Waals surface area contributed by atoms with Crippen molar-refractivity contribution < 1.29 is 14.3 Å². The van der Waals surface area contributed by atoms with Gasteiger partial charge in [-0.1, -0.05) is 64.7 Å². The van der Waals surface area contributed by atoms with E-state index in [2.05, 4.69) is 11.3 Å². The van der Waals surface area contributed by atoms with E-state index in [1.807, 2.05) is 6.26 Å². The number of carbonyl (C=O) groups excluding carboxylic acids is 2. The van der Waals surface area contributed by atoms with E-state index in [9.17, 15) is 9.59 Å². The van der Waals surface area contributed by atoms with Gasteiger partial charge in [-0.2, -0.15) is 0 Å². The molecular formula is C25H49NO3SSe. The molecule has 0 heterocycles. The summed E-state index contributed by atoms with van der Waals surface area (Å²) < 4.78 is 8.63. The van der Waals surface area contributed by atoms with Crippen molar-refractivity contribution in [2.24, 2.45) is 0 Å². The van der Waals surface area contributed by atoms with Crippen LogP contribution in [0.3, 0.4) is 0 Å². The SMILES string of the molecule is CCCCCCCCCCCCCCCCCCOC(=O)C(CCSC)N[Se]C(C)=O.